The van der Waals surface area contributed by atoms with E-state index in [-0.39, 0.29) is 5.82 Å². The number of ether oxygens (including phenoxy) is 1. The Balaban J connectivity index is 1.54. The SMILES string of the molecule is Cc1ccc(OCCSc2nnc(-c3ccncc3)n2-c2ccc(F)cc2)cc1. The Morgan fingerprint density at radius 1 is 0.931 bits per heavy atom. The van der Waals surface area contributed by atoms with Crippen molar-refractivity contribution >= 4 is 11.8 Å². The second-order valence-electron chi connectivity index (χ2n) is 6.36. The lowest BCUT2D eigenvalue weighted by atomic mass is 10.2. The molecule has 2 aromatic heterocycles. The van der Waals surface area contributed by atoms with Crippen LogP contribution in [-0.4, -0.2) is 32.1 Å². The molecule has 7 heteroatoms. The lowest BCUT2D eigenvalue weighted by molar-refractivity contribution is 0.344. The molecular weight excluding hydrogens is 387 g/mol. The molecule has 0 spiro atoms. The van der Waals surface area contributed by atoms with Crippen molar-refractivity contribution in [2.75, 3.05) is 12.4 Å². The van der Waals surface area contributed by atoms with Crippen LogP contribution < -0.4 is 4.74 Å². The normalized spacial score (nSPS) is 10.8. The van der Waals surface area contributed by atoms with Gasteiger partial charge in [-0.25, -0.2) is 4.39 Å². The summed E-state index contributed by atoms with van der Waals surface area (Å²) in [5.74, 6) is 1.94. The zero-order valence-electron chi connectivity index (χ0n) is 15.8. The molecule has 0 aliphatic rings. The van der Waals surface area contributed by atoms with Gasteiger partial charge in [0, 0.05) is 29.4 Å². The van der Waals surface area contributed by atoms with Gasteiger partial charge in [-0.1, -0.05) is 29.5 Å². The first-order valence-electron chi connectivity index (χ1n) is 9.15. The molecule has 4 aromatic rings. The van der Waals surface area contributed by atoms with Gasteiger partial charge >= 0.3 is 0 Å². The maximum Gasteiger partial charge on any atom is 0.196 e. The van der Waals surface area contributed by atoms with E-state index < -0.39 is 0 Å². The summed E-state index contributed by atoms with van der Waals surface area (Å²) in [4.78, 5) is 4.06. The summed E-state index contributed by atoms with van der Waals surface area (Å²) in [6.07, 6.45) is 3.42. The standard InChI is InChI=1S/C22H19FN4OS/c1-16-2-8-20(9-3-16)28-14-15-29-22-26-25-21(17-10-12-24-13-11-17)27(22)19-6-4-18(23)5-7-19/h2-13H,14-15H2,1H3. The summed E-state index contributed by atoms with van der Waals surface area (Å²) in [5.41, 5.74) is 2.88. The van der Waals surface area contributed by atoms with Crippen molar-refractivity contribution in [2.24, 2.45) is 0 Å². The van der Waals surface area contributed by atoms with E-state index in [2.05, 4.69) is 15.2 Å². The zero-order valence-corrected chi connectivity index (χ0v) is 16.6. The lowest BCUT2D eigenvalue weighted by Gasteiger charge is -2.11. The minimum absolute atomic E-state index is 0.284. The fourth-order valence-corrected chi connectivity index (χ4v) is 3.57. The molecule has 0 radical (unpaired) electrons. The zero-order chi connectivity index (χ0) is 20.1. The fourth-order valence-electron chi connectivity index (χ4n) is 2.80. The van der Waals surface area contributed by atoms with Gasteiger partial charge in [0.05, 0.1) is 6.61 Å². The summed E-state index contributed by atoms with van der Waals surface area (Å²) >= 11 is 1.54. The van der Waals surface area contributed by atoms with Gasteiger partial charge in [0.15, 0.2) is 11.0 Å². The Morgan fingerprint density at radius 3 is 2.38 bits per heavy atom. The number of aryl methyl sites for hydroxylation is 1. The number of aromatic nitrogens is 4. The van der Waals surface area contributed by atoms with Crippen LogP contribution in [0.25, 0.3) is 17.1 Å². The number of hydrogen-bond donors (Lipinski definition) is 0. The van der Waals surface area contributed by atoms with E-state index >= 15 is 0 Å². The first-order chi connectivity index (χ1) is 14.2. The highest BCUT2D eigenvalue weighted by Gasteiger charge is 2.16. The number of pyridine rings is 1. The van der Waals surface area contributed by atoms with Crippen LogP contribution in [0.1, 0.15) is 5.56 Å². The van der Waals surface area contributed by atoms with Gasteiger partial charge in [-0.2, -0.15) is 0 Å². The Kier molecular flexibility index (Phi) is 5.86. The number of hydrogen-bond acceptors (Lipinski definition) is 5. The van der Waals surface area contributed by atoms with Crippen LogP contribution in [0.2, 0.25) is 0 Å². The van der Waals surface area contributed by atoms with Gasteiger partial charge in [0.2, 0.25) is 0 Å². The summed E-state index contributed by atoms with van der Waals surface area (Å²) in [7, 11) is 0. The van der Waals surface area contributed by atoms with E-state index in [0.717, 1.165) is 22.2 Å². The predicted octanol–water partition coefficient (Wildman–Crippen LogP) is 4.95. The molecule has 0 amide bonds. The highest BCUT2D eigenvalue weighted by molar-refractivity contribution is 7.99. The Hall–Kier alpha value is -3.19. The third kappa shape index (κ3) is 4.63. The second-order valence-corrected chi connectivity index (χ2v) is 7.43. The minimum atomic E-state index is -0.284. The van der Waals surface area contributed by atoms with Crippen LogP contribution in [0.4, 0.5) is 4.39 Å². The molecule has 4 rings (SSSR count). The van der Waals surface area contributed by atoms with Crippen molar-refractivity contribution in [3.63, 3.8) is 0 Å². The third-order valence-corrected chi connectivity index (χ3v) is 5.15. The first kappa shape index (κ1) is 19.1. The van der Waals surface area contributed by atoms with E-state index in [0.29, 0.717) is 18.2 Å². The Bertz CT molecular complexity index is 1070. The summed E-state index contributed by atoms with van der Waals surface area (Å²) in [6.45, 7) is 2.58. The third-order valence-electron chi connectivity index (χ3n) is 4.26. The molecule has 5 nitrogen and oxygen atoms in total. The van der Waals surface area contributed by atoms with Crippen molar-refractivity contribution in [3.05, 3.63) is 84.4 Å². The maximum absolute atomic E-state index is 13.4. The number of thioether (sulfide) groups is 1. The fraction of sp³-hybridized carbons (Fsp3) is 0.136. The van der Waals surface area contributed by atoms with Crippen molar-refractivity contribution < 1.29 is 9.13 Å². The first-order valence-corrected chi connectivity index (χ1v) is 10.1. The highest BCUT2D eigenvalue weighted by Crippen LogP contribution is 2.28. The predicted molar refractivity (Wildman–Crippen MR) is 112 cm³/mol. The Labute approximate surface area is 172 Å². The van der Waals surface area contributed by atoms with Crippen LogP contribution in [-0.2, 0) is 0 Å². The van der Waals surface area contributed by atoms with Crippen LogP contribution in [0.15, 0.2) is 78.2 Å². The van der Waals surface area contributed by atoms with E-state index in [9.17, 15) is 4.39 Å². The smallest absolute Gasteiger partial charge is 0.196 e. The molecule has 2 aromatic carbocycles. The molecule has 146 valence electrons. The van der Waals surface area contributed by atoms with Crippen molar-refractivity contribution in [1.29, 1.82) is 0 Å². The van der Waals surface area contributed by atoms with Crippen LogP contribution in [0.3, 0.4) is 0 Å². The number of rotatable bonds is 7. The van der Waals surface area contributed by atoms with E-state index in [1.807, 2.05) is 47.9 Å². The average Bonchev–Trinajstić information content (AvgIpc) is 3.17. The number of nitrogens with zero attached hydrogens (tertiary/aromatic N) is 4. The molecule has 2 heterocycles. The molecule has 0 unspecified atom stereocenters. The summed E-state index contributed by atoms with van der Waals surface area (Å²) in [6, 6.07) is 18.0. The van der Waals surface area contributed by atoms with E-state index in [4.69, 9.17) is 4.74 Å². The van der Waals surface area contributed by atoms with Gasteiger partial charge in [-0.05, 0) is 55.5 Å². The topological polar surface area (TPSA) is 52.8 Å². The lowest BCUT2D eigenvalue weighted by Crippen LogP contribution is -2.03. The largest absolute Gasteiger partial charge is 0.493 e. The summed E-state index contributed by atoms with van der Waals surface area (Å²) in [5, 5.41) is 9.43. The number of halogens is 1. The van der Waals surface area contributed by atoms with Crippen LogP contribution in [0, 0.1) is 12.7 Å². The van der Waals surface area contributed by atoms with Crippen LogP contribution in [0.5, 0.6) is 5.75 Å². The molecule has 0 atom stereocenters. The molecule has 29 heavy (non-hydrogen) atoms. The molecule has 0 saturated carbocycles. The minimum Gasteiger partial charge on any atom is -0.493 e. The quantitative estimate of drug-likeness (QED) is 0.321. The monoisotopic (exact) mass is 406 g/mol. The van der Waals surface area contributed by atoms with Gasteiger partial charge < -0.3 is 4.74 Å². The molecule has 0 N–H and O–H groups in total. The highest BCUT2D eigenvalue weighted by atomic mass is 32.2. The number of benzene rings is 2. The second kappa shape index (κ2) is 8.87. The van der Waals surface area contributed by atoms with Gasteiger partial charge in [0.1, 0.15) is 11.6 Å². The molecule has 0 aliphatic heterocycles. The van der Waals surface area contributed by atoms with Crippen LogP contribution >= 0.6 is 11.8 Å². The van der Waals surface area contributed by atoms with Crippen molar-refractivity contribution in [2.45, 2.75) is 12.1 Å². The molecule has 0 bridgehead atoms. The molecular formula is C22H19FN4OS. The van der Waals surface area contributed by atoms with Crippen molar-refractivity contribution in [3.8, 4) is 22.8 Å². The maximum atomic E-state index is 13.4. The molecule has 0 saturated heterocycles. The van der Waals surface area contributed by atoms with Gasteiger partial charge in [0.25, 0.3) is 0 Å². The summed E-state index contributed by atoms with van der Waals surface area (Å²) < 4.78 is 21.1. The van der Waals surface area contributed by atoms with E-state index in [1.54, 1.807) is 24.5 Å². The van der Waals surface area contributed by atoms with Crippen molar-refractivity contribution in [1.82, 2.24) is 19.7 Å². The Morgan fingerprint density at radius 2 is 1.66 bits per heavy atom. The average molecular weight is 406 g/mol. The molecule has 0 aliphatic carbocycles. The molecule has 0 fully saturated rings. The van der Waals surface area contributed by atoms with Gasteiger partial charge in [-0.3, -0.25) is 9.55 Å². The van der Waals surface area contributed by atoms with Gasteiger partial charge in [-0.15, -0.1) is 10.2 Å². The van der Waals surface area contributed by atoms with E-state index in [1.165, 1.54) is 29.5 Å².